The van der Waals surface area contributed by atoms with Gasteiger partial charge in [-0.1, -0.05) is 0 Å². The molecule has 0 aromatic rings. The summed E-state index contributed by atoms with van der Waals surface area (Å²) < 4.78 is 4.41. The molecule has 0 atom stereocenters. The molecule has 0 aromatic carbocycles. The van der Waals surface area contributed by atoms with Crippen LogP contribution >= 0.6 is 0 Å². The summed E-state index contributed by atoms with van der Waals surface area (Å²) in [5, 5.41) is 2.43. The van der Waals surface area contributed by atoms with E-state index in [4.69, 9.17) is 0 Å². The number of nitrogens with one attached hydrogen (secondary N) is 1. The fourth-order valence-electron chi connectivity index (χ4n) is 0.807. The van der Waals surface area contributed by atoms with Gasteiger partial charge in [0.15, 0.2) is 0 Å². The van der Waals surface area contributed by atoms with Crippen LogP contribution in [0.25, 0.3) is 0 Å². The Bertz CT molecular complexity index is 225. The first-order chi connectivity index (χ1) is 6.56. The predicted molar refractivity (Wildman–Crippen MR) is 49.6 cm³/mol. The molecule has 0 unspecified atom stereocenters. The van der Waals surface area contributed by atoms with Crippen LogP contribution in [-0.2, 0) is 19.1 Å². The van der Waals surface area contributed by atoms with Crippen LogP contribution in [0.3, 0.4) is 0 Å². The van der Waals surface area contributed by atoms with Crippen LogP contribution in [-0.4, -0.2) is 31.3 Å². The van der Waals surface area contributed by atoms with E-state index in [9.17, 15) is 14.4 Å². The van der Waals surface area contributed by atoms with Crippen molar-refractivity contribution in [2.75, 3.05) is 13.7 Å². The van der Waals surface area contributed by atoms with Crippen LogP contribution in [0, 0.1) is 0 Å². The monoisotopic (exact) mass is 201 g/mol. The van der Waals surface area contributed by atoms with E-state index >= 15 is 0 Å². The third-order valence-corrected chi connectivity index (χ3v) is 1.55. The summed E-state index contributed by atoms with van der Waals surface area (Å²) in [7, 11) is 1.30. The van der Waals surface area contributed by atoms with Gasteiger partial charge in [0, 0.05) is 12.8 Å². The summed E-state index contributed by atoms with van der Waals surface area (Å²) in [6.07, 6.45) is 0.906. The second-order valence-electron chi connectivity index (χ2n) is 2.91. The van der Waals surface area contributed by atoms with Gasteiger partial charge in [0.1, 0.15) is 5.78 Å². The van der Waals surface area contributed by atoms with Crippen molar-refractivity contribution >= 4 is 17.7 Å². The quantitative estimate of drug-likeness (QED) is 0.615. The highest BCUT2D eigenvalue weighted by Gasteiger charge is 2.04. The van der Waals surface area contributed by atoms with Crippen molar-refractivity contribution in [2.45, 2.75) is 26.2 Å². The minimum Gasteiger partial charge on any atom is -0.469 e. The average molecular weight is 201 g/mol. The summed E-state index contributed by atoms with van der Waals surface area (Å²) in [5.74, 6) is -0.639. The highest BCUT2D eigenvalue weighted by molar-refractivity contribution is 5.84. The summed E-state index contributed by atoms with van der Waals surface area (Å²) in [4.78, 5) is 32.1. The third kappa shape index (κ3) is 7.27. The molecule has 0 rings (SSSR count). The molecule has 5 nitrogen and oxygen atoms in total. The highest BCUT2D eigenvalue weighted by Crippen LogP contribution is 1.96. The largest absolute Gasteiger partial charge is 0.469 e. The van der Waals surface area contributed by atoms with E-state index in [0.29, 0.717) is 6.42 Å². The van der Waals surface area contributed by atoms with Crippen LogP contribution < -0.4 is 5.32 Å². The van der Waals surface area contributed by atoms with Crippen molar-refractivity contribution in [3.63, 3.8) is 0 Å². The molecule has 0 aliphatic carbocycles. The Labute approximate surface area is 82.8 Å². The van der Waals surface area contributed by atoms with Crippen molar-refractivity contribution < 1.29 is 19.1 Å². The molecule has 0 bridgehead atoms. The van der Waals surface area contributed by atoms with Gasteiger partial charge in [-0.15, -0.1) is 0 Å². The zero-order valence-corrected chi connectivity index (χ0v) is 8.46. The van der Waals surface area contributed by atoms with Gasteiger partial charge in [0.25, 0.3) is 0 Å². The number of amides is 1. The van der Waals surface area contributed by atoms with Crippen LogP contribution in [0.4, 0.5) is 0 Å². The fourth-order valence-corrected chi connectivity index (χ4v) is 0.807. The minimum atomic E-state index is -0.329. The standard InChI is InChI=1S/C9H15NO4/c1-7(11)6-10-8(12)4-3-5-9(13)14-2/h3-6H2,1-2H3,(H,10,12). The number of carbonyl (C=O) groups is 3. The van der Waals surface area contributed by atoms with Crippen molar-refractivity contribution in [1.82, 2.24) is 5.32 Å². The lowest BCUT2D eigenvalue weighted by atomic mass is 10.2. The van der Waals surface area contributed by atoms with Crippen LogP contribution in [0.2, 0.25) is 0 Å². The lowest BCUT2D eigenvalue weighted by Crippen LogP contribution is -2.28. The zero-order chi connectivity index (χ0) is 11.0. The van der Waals surface area contributed by atoms with Gasteiger partial charge in [-0.25, -0.2) is 0 Å². The first kappa shape index (κ1) is 12.6. The lowest BCUT2D eigenvalue weighted by molar-refractivity contribution is -0.140. The minimum absolute atomic E-state index is 0.0526. The number of rotatable bonds is 6. The second kappa shape index (κ2) is 7.06. The van der Waals surface area contributed by atoms with E-state index in [1.165, 1.54) is 14.0 Å². The lowest BCUT2D eigenvalue weighted by Gasteiger charge is -2.01. The van der Waals surface area contributed by atoms with Gasteiger partial charge in [0.2, 0.25) is 5.91 Å². The van der Waals surface area contributed by atoms with Crippen LogP contribution in [0.1, 0.15) is 26.2 Å². The first-order valence-electron chi connectivity index (χ1n) is 4.39. The molecule has 0 aliphatic rings. The smallest absolute Gasteiger partial charge is 0.305 e. The maximum atomic E-state index is 11.0. The number of carbonyl (C=O) groups excluding carboxylic acids is 3. The predicted octanol–water partition coefficient (Wildman–Crippen LogP) is 0.0349. The van der Waals surface area contributed by atoms with Crippen molar-refractivity contribution in [3.05, 3.63) is 0 Å². The SMILES string of the molecule is COC(=O)CCCC(=O)NCC(C)=O. The fraction of sp³-hybridized carbons (Fsp3) is 0.667. The van der Waals surface area contributed by atoms with Crippen molar-refractivity contribution in [2.24, 2.45) is 0 Å². The van der Waals surface area contributed by atoms with E-state index in [0.717, 1.165) is 0 Å². The van der Waals surface area contributed by atoms with Gasteiger partial charge in [-0.05, 0) is 13.3 Å². The molecule has 0 aliphatic heterocycles. The first-order valence-corrected chi connectivity index (χ1v) is 4.39. The summed E-state index contributed by atoms with van der Waals surface area (Å²) >= 11 is 0. The van der Waals surface area contributed by atoms with Gasteiger partial charge in [0.05, 0.1) is 13.7 Å². The number of methoxy groups -OCH3 is 1. The normalized spacial score (nSPS) is 9.29. The molecule has 0 fully saturated rings. The van der Waals surface area contributed by atoms with Gasteiger partial charge >= 0.3 is 5.97 Å². The number of esters is 1. The number of ether oxygens (including phenoxy) is 1. The van der Waals surface area contributed by atoms with Gasteiger partial charge < -0.3 is 10.1 Å². The van der Waals surface area contributed by atoms with Crippen molar-refractivity contribution in [3.8, 4) is 0 Å². The number of hydrogen-bond acceptors (Lipinski definition) is 4. The summed E-state index contributed by atoms with van der Waals surface area (Å²) in [6.45, 7) is 1.45. The van der Waals surface area contributed by atoms with E-state index in [1.807, 2.05) is 0 Å². The Balaban J connectivity index is 3.45. The average Bonchev–Trinajstić information content (AvgIpc) is 2.14. The maximum absolute atomic E-state index is 11.0. The summed E-state index contributed by atoms with van der Waals surface area (Å²) in [6, 6.07) is 0. The van der Waals surface area contributed by atoms with E-state index < -0.39 is 0 Å². The van der Waals surface area contributed by atoms with E-state index in [2.05, 4.69) is 10.1 Å². The molecule has 80 valence electrons. The molecule has 0 heterocycles. The number of Topliss-reactive ketones (excluding diaryl/α,β-unsaturated/α-hetero) is 1. The Kier molecular flexibility index (Phi) is 6.36. The molecule has 1 N–H and O–H groups in total. The van der Waals surface area contributed by atoms with Gasteiger partial charge in [-0.2, -0.15) is 0 Å². The molecular formula is C9H15NO4. The summed E-state index contributed by atoms with van der Waals surface area (Å²) in [5.41, 5.74) is 0. The molecule has 14 heavy (non-hydrogen) atoms. The Hall–Kier alpha value is -1.39. The molecule has 0 saturated heterocycles. The van der Waals surface area contributed by atoms with E-state index in [1.54, 1.807) is 0 Å². The third-order valence-electron chi connectivity index (χ3n) is 1.55. The Morgan fingerprint density at radius 1 is 1.21 bits per heavy atom. The molecule has 0 saturated carbocycles. The molecule has 5 heteroatoms. The molecular weight excluding hydrogens is 186 g/mol. The van der Waals surface area contributed by atoms with E-state index in [-0.39, 0.29) is 37.0 Å². The number of hydrogen-bond donors (Lipinski definition) is 1. The Morgan fingerprint density at radius 2 is 1.86 bits per heavy atom. The zero-order valence-electron chi connectivity index (χ0n) is 8.46. The van der Waals surface area contributed by atoms with Crippen LogP contribution in [0.15, 0.2) is 0 Å². The molecule has 1 amide bonds. The highest BCUT2D eigenvalue weighted by atomic mass is 16.5. The molecule has 0 aromatic heterocycles. The topological polar surface area (TPSA) is 72.5 Å². The van der Waals surface area contributed by atoms with Crippen LogP contribution in [0.5, 0.6) is 0 Å². The van der Waals surface area contributed by atoms with Crippen molar-refractivity contribution in [1.29, 1.82) is 0 Å². The molecule has 0 spiro atoms. The maximum Gasteiger partial charge on any atom is 0.305 e. The Morgan fingerprint density at radius 3 is 2.36 bits per heavy atom. The number of ketones is 1. The van der Waals surface area contributed by atoms with Gasteiger partial charge in [-0.3, -0.25) is 14.4 Å². The molecule has 0 radical (unpaired) electrons. The second-order valence-corrected chi connectivity index (χ2v) is 2.91.